The van der Waals surface area contributed by atoms with Crippen molar-refractivity contribution in [3.8, 4) is 17.2 Å². The van der Waals surface area contributed by atoms with Gasteiger partial charge in [-0.05, 0) is 61.8 Å². The molecule has 1 fully saturated rings. The van der Waals surface area contributed by atoms with Crippen LogP contribution in [0.15, 0.2) is 53.3 Å². The van der Waals surface area contributed by atoms with E-state index in [2.05, 4.69) is 13.0 Å². The van der Waals surface area contributed by atoms with Crippen molar-refractivity contribution >= 4 is 5.78 Å². The van der Waals surface area contributed by atoms with Gasteiger partial charge in [-0.25, -0.2) is 4.52 Å². The van der Waals surface area contributed by atoms with Gasteiger partial charge in [0, 0.05) is 18.0 Å². The van der Waals surface area contributed by atoms with Crippen molar-refractivity contribution in [3.05, 3.63) is 87.1 Å². The highest BCUT2D eigenvalue weighted by molar-refractivity contribution is 5.70. The highest BCUT2D eigenvalue weighted by atomic mass is 16.5. The Bertz CT molecular complexity index is 1540. The molecule has 1 aliphatic rings. The number of ether oxygens (including phenoxy) is 1. The summed E-state index contributed by atoms with van der Waals surface area (Å²) in [6.07, 6.45) is 5.55. The van der Waals surface area contributed by atoms with E-state index in [1.54, 1.807) is 0 Å². The van der Waals surface area contributed by atoms with Crippen LogP contribution in [0.3, 0.4) is 0 Å². The first-order valence-electron chi connectivity index (χ1n) is 13.8. The Hall–Kier alpha value is -3.80. The molecule has 0 atom stereocenters. The maximum atomic E-state index is 14.2. The van der Waals surface area contributed by atoms with E-state index in [-0.39, 0.29) is 24.3 Å². The van der Waals surface area contributed by atoms with Gasteiger partial charge in [0.2, 0.25) is 5.78 Å². The largest absolute Gasteiger partial charge is 0.394 e. The minimum absolute atomic E-state index is 0.0111. The average Bonchev–Trinajstić information content (AvgIpc) is 3.35. The molecule has 2 aromatic heterocycles. The zero-order valence-corrected chi connectivity index (χ0v) is 22.6. The van der Waals surface area contributed by atoms with E-state index >= 15 is 0 Å². The number of rotatable bonds is 9. The molecule has 8 nitrogen and oxygen atoms in total. The second-order valence-electron chi connectivity index (χ2n) is 10.3. The summed E-state index contributed by atoms with van der Waals surface area (Å²) in [5, 5.41) is 23.3. The van der Waals surface area contributed by atoms with Gasteiger partial charge in [-0.3, -0.25) is 9.36 Å². The fraction of sp³-hybridized carbons (Fsp3) is 0.419. The highest BCUT2D eigenvalue weighted by Gasteiger charge is 2.28. The molecule has 0 unspecified atom stereocenters. The third-order valence-corrected chi connectivity index (χ3v) is 7.63. The molecule has 2 aromatic carbocycles. The van der Waals surface area contributed by atoms with E-state index in [9.17, 15) is 10.1 Å². The Morgan fingerprint density at radius 1 is 1.10 bits per heavy atom. The first kappa shape index (κ1) is 26.8. The summed E-state index contributed by atoms with van der Waals surface area (Å²) in [4.78, 5) is 18.9. The SMILES string of the molecule is CCCc1c(Cc2ccc(-c3ccccc3C#N)cc2)c(=O)n([C@H]2CC[C@H](OCCO)CC2)c2nc(C)nn12. The summed E-state index contributed by atoms with van der Waals surface area (Å²) in [5.74, 6) is 1.27. The first-order valence-corrected chi connectivity index (χ1v) is 13.8. The highest BCUT2D eigenvalue weighted by Crippen LogP contribution is 2.31. The number of hydrogen-bond donors (Lipinski definition) is 1. The van der Waals surface area contributed by atoms with E-state index in [1.165, 1.54) is 0 Å². The summed E-state index contributed by atoms with van der Waals surface area (Å²) in [6.45, 7) is 4.35. The predicted octanol–water partition coefficient (Wildman–Crippen LogP) is 4.77. The van der Waals surface area contributed by atoms with Crippen LogP contribution in [-0.2, 0) is 17.6 Å². The second-order valence-corrected chi connectivity index (χ2v) is 10.3. The number of nitrogens with zero attached hydrogens (tertiary/aromatic N) is 5. The normalized spacial score (nSPS) is 17.4. The van der Waals surface area contributed by atoms with E-state index < -0.39 is 0 Å². The van der Waals surface area contributed by atoms with Gasteiger partial charge in [0.05, 0.1) is 36.6 Å². The molecule has 8 heteroatoms. The third kappa shape index (κ3) is 5.51. The maximum absolute atomic E-state index is 14.2. The fourth-order valence-electron chi connectivity index (χ4n) is 5.76. The Kier molecular flexibility index (Phi) is 8.20. The van der Waals surface area contributed by atoms with Crippen LogP contribution in [0.25, 0.3) is 16.9 Å². The summed E-state index contributed by atoms with van der Waals surface area (Å²) >= 11 is 0. The van der Waals surface area contributed by atoms with E-state index in [0.717, 1.165) is 66.5 Å². The zero-order chi connectivity index (χ0) is 27.4. The topological polar surface area (TPSA) is 105 Å². The van der Waals surface area contributed by atoms with Crippen LogP contribution in [0.5, 0.6) is 0 Å². The molecule has 1 N–H and O–H groups in total. The average molecular weight is 526 g/mol. The van der Waals surface area contributed by atoms with E-state index in [1.807, 2.05) is 64.5 Å². The van der Waals surface area contributed by atoms with Crippen LogP contribution in [0.2, 0.25) is 0 Å². The van der Waals surface area contributed by atoms with Crippen molar-refractivity contribution in [2.24, 2.45) is 0 Å². The summed E-state index contributed by atoms with van der Waals surface area (Å²) in [7, 11) is 0. The Labute approximate surface area is 228 Å². The summed E-state index contributed by atoms with van der Waals surface area (Å²) in [6, 6.07) is 18.0. The number of nitriles is 1. The molecule has 4 aromatic rings. The molecule has 39 heavy (non-hydrogen) atoms. The number of benzene rings is 2. The third-order valence-electron chi connectivity index (χ3n) is 7.63. The van der Waals surface area contributed by atoms with Crippen molar-refractivity contribution in [3.63, 3.8) is 0 Å². The van der Waals surface area contributed by atoms with Crippen molar-refractivity contribution in [1.82, 2.24) is 19.2 Å². The summed E-state index contributed by atoms with van der Waals surface area (Å²) in [5.41, 5.74) is 5.25. The van der Waals surface area contributed by atoms with Gasteiger partial charge in [0.1, 0.15) is 5.82 Å². The van der Waals surface area contributed by atoms with Gasteiger partial charge in [0.25, 0.3) is 5.56 Å². The number of aromatic nitrogens is 4. The minimum Gasteiger partial charge on any atom is -0.394 e. The molecule has 0 bridgehead atoms. The number of aliphatic hydroxyl groups is 1. The molecule has 202 valence electrons. The fourth-order valence-corrected chi connectivity index (χ4v) is 5.76. The molecule has 0 spiro atoms. The van der Waals surface area contributed by atoms with Gasteiger partial charge >= 0.3 is 0 Å². The van der Waals surface area contributed by atoms with Crippen LogP contribution < -0.4 is 5.56 Å². The van der Waals surface area contributed by atoms with Crippen LogP contribution in [-0.4, -0.2) is 43.6 Å². The molecule has 0 saturated heterocycles. The van der Waals surface area contributed by atoms with E-state index in [0.29, 0.717) is 30.2 Å². The van der Waals surface area contributed by atoms with Crippen molar-refractivity contribution in [1.29, 1.82) is 5.26 Å². The van der Waals surface area contributed by atoms with E-state index in [4.69, 9.17) is 19.9 Å². The molecular weight excluding hydrogens is 490 g/mol. The van der Waals surface area contributed by atoms with Gasteiger partial charge in [-0.2, -0.15) is 15.3 Å². The quantitative estimate of drug-likeness (QED) is 0.337. The number of hydrogen-bond acceptors (Lipinski definition) is 6. The van der Waals surface area contributed by atoms with Gasteiger partial charge < -0.3 is 9.84 Å². The minimum atomic E-state index is 0.0111. The Morgan fingerprint density at radius 3 is 2.54 bits per heavy atom. The zero-order valence-electron chi connectivity index (χ0n) is 22.6. The standard InChI is InChI=1S/C31H35N5O3/c1-3-6-29-28(19-22-9-11-23(12-10-22)27-8-5-4-7-24(27)20-32)30(38)35(31-33-21(2)34-36(29)31)25-13-15-26(16-14-25)39-18-17-37/h4-5,7-12,25-26,37H,3,6,13-19H2,1-2H3/t25-,26-. The van der Waals surface area contributed by atoms with Crippen LogP contribution in [0.4, 0.5) is 0 Å². The molecule has 1 saturated carbocycles. The Morgan fingerprint density at radius 2 is 1.85 bits per heavy atom. The molecule has 2 heterocycles. The first-order chi connectivity index (χ1) is 19.0. The predicted molar refractivity (Wildman–Crippen MR) is 150 cm³/mol. The van der Waals surface area contributed by atoms with Crippen molar-refractivity contribution in [2.45, 2.75) is 70.9 Å². The molecule has 1 aliphatic carbocycles. The van der Waals surface area contributed by atoms with Crippen molar-refractivity contribution in [2.75, 3.05) is 13.2 Å². The maximum Gasteiger partial charge on any atom is 0.259 e. The lowest BCUT2D eigenvalue weighted by Crippen LogP contribution is -2.35. The van der Waals surface area contributed by atoms with Gasteiger partial charge in [-0.15, -0.1) is 0 Å². The second kappa shape index (κ2) is 11.9. The molecule has 0 aliphatic heterocycles. The van der Waals surface area contributed by atoms with Crippen LogP contribution >= 0.6 is 0 Å². The van der Waals surface area contributed by atoms with Gasteiger partial charge in [0.15, 0.2) is 0 Å². The molecule has 0 amide bonds. The van der Waals surface area contributed by atoms with Crippen LogP contribution in [0, 0.1) is 18.3 Å². The van der Waals surface area contributed by atoms with Crippen LogP contribution in [0.1, 0.15) is 73.3 Å². The molecule has 5 rings (SSSR count). The van der Waals surface area contributed by atoms with Crippen molar-refractivity contribution < 1.29 is 9.84 Å². The lowest BCUT2D eigenvalue weighted by molar-refractivity contribution is 0.00158. The smallest absolute Gasteiger partial charge is 0.259 e. The molecule has 0 radical (unpaired) electrons. The van der Waals surface area contributed by atoms with Gasteiger partial charge in [-0.1, -0.05) is 55.8 Å². The lowest BCUT2D eigenvalue weighted by Gasteiger charge is -2.30. The number of aliphatic hydroxyl groups excluding tert-OH is 1. The lowest BCUT2D eigenvalue weighted by atomic mass is 9.92. The molecular formula is C31H35N5O3. The monoisotopic (exact) mass is 525 g/mol. The Balaban J connectivity index is 1.52. The number of fused-ring (bicyclic) bond motifs is 1. The summed E-state index contributed by atoms with van der Waals surface area (Å²) < 4.78 is 9.52. The number of aryl methyl sites for hydroxylation is 2.